The van der Waals surface area contributed by atoms with Crippen molar-refractivity contribution in [1.82, 2.24) is 0 Å². The zero-order valence-corrected chi connectivity index (χ0v) is 35.8. The van der Waals surface area contributed by atoms with E-state index in [0.29, 0.717) is 19.3 Å². The Morgan fingerprint density at radius 2 is 0.684 bits per heavy atom. The van der Waals surface area contributed by atoms with E-state index in [9.17, 15) is 14.4 Å². The molecule has 6 heteroatoms. The van der Waals surface area contributed by atoms with Crippen molar-refractivity contribution >= 4 is 17.9 Å². The molecule has 1 atom stereocenters. The smallest absolute Gasteiger partial charge is 0.306 e. The Kier molecular flexibility index (Phi) is 40.8. The highest BCUT2D eigenvalue weighted by atomic mass is 16.6. The van der Waals surface area contributed by atoms with E-state index in [4.69, 9.17) is 14.2 Å². The monoisotopic (exact) mass is 785 g/mol. The highest BCUT2D eigenvalue weighted by Gasteiger charge is 2.19. The van der Waals surface area contributed by atoms with Gasteiger partial charge in [-0.3, -0.25) is 14.4 Å². The fourth-order valence-electron chi connectivity index (χ4n) is 5.09. The average molecular weight is 785 g/mol. The molecule has 0 aliphatic rings. The van der Waals surface area contributed by atoms with Gasteiger partial charge in [-0.1, -0.05) is 187 Å². The Labute approximate surface area is 347 Å². The predicted molar refractivity (Wildman–Crippen MR) is 242 cm³/mol. The first-order valence-corrected chi connectivity index (χ1v) is 21.8. The Morgan fingerprint density at radius 3 is 1.05 bits per heavy atom. The van der Waals surface area contributed by atoms with Crippen molar-refractivity contribution in [3.05, 3.63) is 134 Å². The van der Waals surface area contributed by atoms with E-state index in [2.05, 4.69) is 69.4 Å². The van der Waals surface area contributed by atoms with Gasteiger partial charge in [0.25, 0.3) is 0 Å². The van der Waals surface area contributed by atoms with Crippen molar-refractivity contribution < 1.29 is 28.6 Å². The van der Waals surface area contributed by atoms with Crippen molar-refractivity contribution in [1.29, 1.82) is 0 Å². The van der Waals surface area contributed by atoms with E-state index in [0.717, 1.165) is 83.5 Å². The normalized spacial score (nSPS) is 13.4. The minimum atomic E-state index is -0.830. The SMILES string of the molecule is CC\C=C/C=C\C=C/C=C\C=C/CCCCCC(=O)OCC(COC(=O)CCCCC/C=C\C=C/CCCC)OC(=O)CCCCC\C=C/C=C\C=C/C=C\CC. The molecule has 0 bridgehead atoms. The number of ether oxygens (including phenoxy) is 3. The van der Waals surface area contributed by atoms with Gasteiger partial charge in [0, 0.05) is 19.3 Å². The summed E-state index contributed by atoms with van der Waals surface area (Å²) in [7, 11) is 0. The zero-order chi connectivity index (χ0) is 41.5. The van der Waals surface area contributed by atoms with Gasteiger partial charge in [-0.15, -0.1) is 0 Å². The highest BCUT2D eigenvalue weighted by molar-refractivity contribution is 5.71. The van der Waals surface area contributed by atoms with Crippen LogP contribution in [-0.4, -0.2) is 37.2 Å². The lowest BCUT2D eigenvalue weighted by Crippen LogP contribution is -2.30. The van der Waals surface area contributed by atoms with Crippen LogP contribution < -0.4 is 0 Å². The van der Waals surface area contributed by atoms with Crippen LogP contribution in [-0.2, 0) is 28.6 Å². The molecular formula is C51H76O6. The first-order valence-electron chi connectivity index (χ1n) is 21.8. The number of allylic oxidation sites excluding steroid dienone is 22. The third-order valence-corrected chi connectivity index (χ3v) is 8.37. The minimum Gasteiger partial charge on any atom is -0.462 e. The lowest BCUT2D eigenvalue weighted by atomic mass is 10.1. The van der Waals surface area contributed by atoms with Crippen LogP contribution in [0.5, 0.6) is 0 Å². The lowest BCUT2D eigenvalue weighted by Gasteiger charge is -2.18. The molecule has 0 aliphatic heterocycles. The summed E-state index contributed by atoms with van der Waals surface area (Å²) < 4.78 is 16.6. The third-order valence-electron chi connectivity index (χ3n) is 8.37. The Balaban J connectivity index is 4.62. The summed E-state index contributed by atoms with van der Waals surface area (Å²) in [6.07, 6.45) is 61.5. The average Bonchev–Trinajstić information content (AvgIpc) is 3.21. The molecule has 0 rings (SSSR count). The van der Waals surface area contributed by atoms with E-state index in [1.54, 1.807) is 0 Å². The molecule has 0 aromatic carbocycles. The number of hydrogen-bond donors (Lipinski definition) is 0. The molecule has 1 unspecified atom stereocenters. The second-order valence-corrected chi connectivity index (χ2v) is 13.7. The molecule has 57 heavy (non-hydrogen) atoms. The summed E-state index contributed by atoms with van der Waals surface area (Å²) in [5, 5.41) is 0. The van der Waals surface area contributed by atoms with Gasteiger partial charge in [0.2, 0.25) is 0 Å². The largest absolute Gasteiger partial charge is 0.462 e. The number of esters is 3. The number of carbonyl (C=O) groups is 3. The van der Waals surface area contributed by atoms with Crippen LogP contribution >= 0.6 is 0 Å². The molecule has 316 valence electrons. The van der Waals surface area contributed by atoms with E-state index >= 15 is 0 Å². The van der Waals surface area contributed by atoms with Crippen molar-refractivity contribution in [2.24, 2.45) is 0 Å². The Hall–Kier alpha value is -4.45. The first-order chi connectivity index (χ1) is 28.0. The van der Waals surface area contributed by atoms with Gasteiger partial charge >= 0.3 is 17.9 Å². The van der Waals surface area contributed by atoms with Crippen LogP contribution in [0.15, 0.2) is 134 Å². The zero-order valence-electron chi connectivity index (χ0n) is 35.8. The van der Waals surface area contributed by atoms with Gasteiger partial charge < -0.3 is 14.2 Å². The van der Waals surface area contributed by atoms with Gasteiger partial charge in [0.15, 0.2) is 6.10 Å². The molecule has 0 spiro atoms. The van der Waals surface area contributed by atoms with Gasteiger partial charge in [-0.25, -0.2) is 0 Å². The first kappa shape index (κ1) is 52.6. The van der Waals surface area contributed by atoms with E-state index < -0.39 is 6.10 Å². The summed E-state index contributed by atoms with van der Waals surface area (Å²) in [6.45, 7) is 6.15. The van der Waals surface area contributed by atoms with Crippen molar-refractivity contribution in [3.63, 3.8) is 0 Å². The number of carbonyl (C=O) groups excluding carboxylic acids is 3. The van der Waals surface area contributed by atoms with E-state index in [1.165, 1.54) is 12.8 Å². The fraction of sp³-hybridized carbons (Fsp3) is 0.510. The van der Waals surface area contributed by atoms with Crippen LogP contribution in [0.1, 0.15) is 149 Å². The minimum absolute atomic E-state index is 0.128. The summed E-state index contributed by atoms with van der Waals surface area (Å²) in [4.78, 5) is 37.7. The highest BCUT2D eigenvalue weighted by Crippen LogP contribution is 2.10. The van der Waals surface area contributed by atoms with Gasteiger partial charge in [-0.2, -0.15) is 0 Å². The van der Waals surface area contributed by atoms with Crippen LogP contribution in [0.3, 0.4) is 0 Å². The number of rotatable bonds is 36. The quantitative estimate of drug-likeness (QED) is 0.0272. The second-order valence-electron chi connectivity index (χ2n) is 13.7. The Morgan fingerprint density at radius 1 is 0.368 bits per heavy atom. The molecular weight excluding hydrogens is 709 g/mol. The van der Waals surface area contributed by atoms with Crippen LogP contribution in [0, 0.1) is 0 Å². The maximum atomic E-state index is 12.7. The molecule has 0 aromatic rings. The van der Waals surface area contributed by atoms with Gasteiger partial charge in [0.1, 0.15) is 13.2 Å². The molecule has 0 N–H and O–H groups in total. The summed E-state index contributed by atoms with van der Waals surface area (Å²) >= 11 is 0. The molecule has 6 nitrogen and oxygen atoms in total. The lowest BCUT2D eigenvalue weighted by molar-refractivity contribution is -0.167. The molecule has 0 aliphatic carbocycles. The second kappa shape index (κ2) is 44.3. The van der Waals surface area contributed by atoms with Crippen LogP contribution in [0.2, 0.25) is 0 Å². The van der Waals surface area contributed by atoms with Crippen molar-refractivity contribution in [2.45, 2.75) is 155 Å². The standard InChI is InChI=1S/C51H76O6/c1-4-7-10-13-16-19-22-24-25-27-29-32-35-38-41-44-50(53)56-47-48(46-55-49(52)43-40-37-34-31-28-21-18-15-12-9-6-3)57-51(54)45-42-39-36-33-30-26-23-20-17-14-11-8-5-2/h7-8,10-11,13-30,48H,4-6,9,12,31-47H2,1-3H3/b10-7-,11-8-,16-13-,17-14-,18-15-,22-19-,23-20-,25-24-,28-21-,29-27-,30-26-. The molecule has 0 saturated heterocycles. The van der Waals surface area contributed by atoms with E-state index in [-0.39, 0.29) is 44.0 Å². The molecule has 0 aromatic heterocycles. The third kappa shape index (κ3) is 42.5. The maximum Gasteiger partial charge on any atom is 0.306 e. The molecule has 0 radical (unpaired) electrons. The van der Waals surface area contributed by atoms with Gasteiger partial charge in [0.05, 0.1) is 0 Å². The maximum absolute atomic E-state index is 12.7. The summed E-state index contributed by atoms with van der Waals surface area (Å²) in [5.74, 6) is -1.05. The number of unbranched alkanes of at least 4 members (excludes halogenated alkanes) is 11. The molecule has 0 saturated carbocycles. The predicted octanol–water partition coefficient (Wildman–Crippen LogP) is 14.0. The fourth-order valence-corrected chi connectivity index (χ4v) is 5.09. The van der Waals surface area contributed by atoms with E-state index in [1.807, 2.05) is 85.1 Å². The van der Waals surface area contributed by atoms with Gasteiger partial charge in [-0.05, 0) is 77.0 Å². The molecule has 0 amide bonds. The summed E-state index contributed by atoms with van der Waals surface area (Å²) in [6, 6.07) is 0. The topological polar surface area (TPSA) is 78.9 Å². The Bertz CT molecular complexity index is 1320. The van der Waals surface area contributed by atoms with Crippen LogP contribution in [0.4, 0.5) is 0 Å². The molecule has 0 heterocycles. The molecule has 0 fully saturated rings. The number of hydrogen-bond acceptors (Lipinski definition) is 6. The van der Waals surface area contributed by atoms with Crippen molar-refractivity contribution in [3.8, 4) is 0 Å². The van der Waals surface area contributed by atoms with Crippen LogP contribution in [0.25, 0.3) is 0 Å². The van der Waals surface area contributed by atoms with Crippen molar-refractivity contribution in [2.75, 3.05) is 13.2 Å². The summed E-state index contributed by atoms with van der Waals surface area (Å²) in [5.41, 5.74) is 0.